The summed E-state index contributed by atoms with van der Waals surface area (Å²) < 4.78 is 38.3. The number of esters is 3. The molecule has 0 aromatic heterocycles. The van der Waals surface area contributed by atoms with Gasteiger partial charge in [0.2, 0.25) is 0 Å². The summed E-state index contributed by atoms with van der Waals surface area (Å²) in [6.07, 6.45) is 10.3. The van der Waals surface area contributed by atoms with Crippen LogP contribution in [0.5, 0.6) is 23.0 Å². The first-order chi connectivity index (χ1) is 24.5. The molecule has 0 aliphatic carbocycles. The Kier molecular flexibility index (Phi) is 19.0. The molecule has 0 unspecified atom stereocenters. The van der Waals surface area contributed by atoms with Crippen molar-refractivity contribution in [1.29, 1.82) is 0 Å². The molecule has 0 heterocycles. The van der Waals surface area contributed by atoms with Gasteiger partial charge in [-0.05, 0) is 124 Å². The largest absolute Gasteiger partial charge is 0.494 e. The minimum Gasteiger partial charge on any atom is -0.494 e. The number of hydrogen-bond acceptors (Lipinski definition) is 10. The van der Waals surface area contributed by atoms with Crippen molar-refractivity contribution in [3.05, 3.63) is 109 Å². The van der Waals surface area contributed by atoms with E-state index in [0.29, 0.717) is 62.3 Å². The molecular formula is C40H48O10. The first-order valence-electron chi connectivity index (χ1n) is 17.0. The Hall–Kier alpha value is -5.09. The summed E-state index contributed by atoms with van der Waals surface area (Å²) >= 11 is 0. The van der Waals surface area contributed by atoms with Crippen LogP contribution < -0.4 is 18.9 Å². The van der Waals surface area contributed by atoms with E-state index in [9.17, 15) is 14.4 Å². The highest BCUT2D eigenvalue weighted by Gasteiger charge is 2.09. The zero-order chi connectivity index (χ0) is 35.7. The van der Waals surface area contributed by atoms with Gasteiger partial charge in [0.1, 0.15) is 23.0 Å². The summed E-state index contributed by atoms with van der Waals surface area (Å²) in [5, 5.41) is 0. The van der Waals surface area contributed by atoms with Gasteiger partial charge in [-0.15, -0.1) is 0 Å². The van der Waals surface area contributed by atoms with E-state index in [4.69, 9.17) is 33.2 Å². The van der Waals surface area contributed by atoms with Crippen molar-refractivity contribution in [3.8, 4) is 23.0 Å². The molecule has 0 fully saturated rings. The molecular weight excluding hydrogens is 640 g/mol. The second-order valence-corrected chi connectivity index (χ2v) is 11.2. The molecule has 10 heteroatoms. The van der Waals surface area contributed by atoms with E-state index in [0.717, 1.165) is 68.8 Å². The molecule has 0 amide bonds. The lowest BCUT2D eigenvalue weighted by Gasteiger charge is -2.10. The summed E-state index contributed by atoms with van der Waals surface area (Å²) in [7, 11) is 0. The van der Waals surface area contributed by atoms with E-state index in [1.165, 1.54) is 6.08 Å². The van der Waals surface area contributed by atoms with Crippen LogP contribution in [0.2, 0.25) is 0 Å². The monoisotopic (exact) mass is 688 g/mol. The van der Waals surface area contributed by atoms with Crippen molar-refractivity contribution in [2.45, 2.75) is 57.8 Å². The van der Waals surface area contributed by atoms with Crippen molar-refractivity contribution in [3.63, 3.8) is 0 Å². The average Bonchev–Trinajstić information content (AvgIpc) is 3.14. The van der Waals surface area contributed by atoms with Crippen LogP contribution in [0.4, 0.5) is 0 Å². The van der Waals surface area contributed by atoms with Crippen molar-refractivity contribution >= 4 is 17.9 Å². The molecule has 0 N–H and O–H groups in total. The van der Waals surface area contributed by atoms with Gasteiger partial charge < -0.3 is 33.2 Å². The Morgan fingerprint density at radius 2 is 0.940 bits per heavy atom. The smallest absolute Gasteiger partial charge is 0.343 e. The molecule has 0 spiro atoms. The lowest BCUT2D eigenvalue weighted by molar-refractivity contribution is -0.138. The topological polar surface area (TPSA) is 116 Å². The summed E-state index contributed by atoms with van der Waals surface area (Å²) in [5.74, 6) is 1.38. The first kappa shape index (κ1) is 39.3. The van der Waals surface area contributed by atoms with Crippen molar-refractivity contribution in [2.75, 3.05) is 39.8 Å². The molecule has 0 atom stereocenters. The maximum atomic E-state index is 12.6. The van der Waals surface area contributed by atoms with Crippen LogP contribution in [-0.4, -0.2) is 57.7 Å². The molecule has 0 radical (unpaired) electrons. The fraction of sp³-hybridized carbons (Fsp3) is 0.375. The minimum absolute atomic E-state index is 0.123. The van der Waals surface area contributed by atoms with E-state index >= 15 is 0 Å². The zero-order valence-electron chi connectivity index (χ0n) is 28.7. The van der Waals surface area contributed by atoms with Gasteiger partial charge >= 0.3 is 17.9 Å². The quantitative estimate of drug-likeness (QED) is 0.0272. The van der Waals surface area contributed by atoms with Crippen LogP contribution in [-0.2, 0) is 30.2 Å². The molecule has 0 saturated carbocycles. The maximum absolute atomic E-state index is 12.6. The highest BCUT2D eigenvalue weighted by atomic mass is 16.7. The standard InChI is InChI=1S/C40H48O10/c1-3-38(41)47-28-11-7-5-9-26-45-34-19-15-33(16-20-34)40(43)50-37-17-13-32(14-18-37)25-30-44-31-49-36-23-21-35(22-24-36)46-27-10-6-8-12-29-48-39(42)4-2/h3-4,13-24H,1-2,5-12,25-31H2. The molecule has 50 heavy (non-hydrogen) atoms. The van der Waals surface area contributed by atoms with Crippen LogP contribution in [0.15, 0.2) is 98.1 Å². The second-order valence-electron chi connectivity index (χ2n) is 11.2. The van der Waals surface area contributed by atoms with E-state index in [1.54, 1.807) is 36.4 Å². The predicted molar refractivity (Wildman–Crippen MR) is 190 cm³/mol. The Labute approximate surface area is 294 Å². The van der Waals surface area contributed by atoms with E-state index in [2.05, 4.69) is 13.2 Å². The summed E-state index contributed by atoms with van der Waals surface area (Å²) in [4.78, 5) is 34.6. The van der Waals surface area contributed by atoms with Crippen molar-refractivity contribution in [2.24, 2.45) is 0 Å². The van der Waals surface area contributed by atoms with Gasteiger partial charge in [0.05, 0.1) is 38.6 Å². The fourth-order valence-corrected chi connectivity index (χ4v) is 4.53. The third-order valence-electron chi connectivity index (χ3n) is 7.33. The Morgan fingerprint density at radius 3 is 1.44 bits per heavy atom. The first-order valence-corrected chi connectivity index (χ1v) is 17.0. The molecule has 3 rings (SSSR count). The van der Waals surface area contributed by atoms with Gasteiger partial charge in [-0.2, -0.15) is 0 Å². The fourth-order valence-electron chi connectivity index (χ4n) is 4.53. The van der Waals surface area contributed by atoms with Crippen molar-refractivity contribution < 1.29 is 47.5 Å². The Morgan fingerprint density at radius 1 is 0.500 bits per heavy atom. The molecule has 10 nitrogen and oxygen atoms in total. The van der Waals surface area contributed by atoms with E-state index < -0.39 is 11.9 Å². The second kappa shape index (κ2) is 24.1. The molecule has 0 saturated heterocycles. The van der Waals surface area contributed by atoms with Gasteiger partial charge in [-0.3, -0.25) is 0 Å². The average molecular weight is 689 g/mol. The van der Waals surface area contributed by atoms with Crippen molar-refractivity contribution in [1.82, 2.24) is 0 Å². The summed E-state index contributed by atoms with van der Waals surface area (Å²) in [6, 6.07) is 21.6. The maximum Gasteiger partial charge on any atom is 0.343 e. The normalized spacial score (nSPS) is 10.5. The highest BCUT2D eigenvalue weighted by Crippen LogP contribution is 2.19. The third kappa shape index (κ3) is 16.8. The molecule has 3 aromatic rings. The lowest BCUT2D eigenvalue weighted by atomic mass is 10.1. The van der Waals surface area contributed by atoms with E-state index in [1.807, 2.05) is 36.4 Å². The van der Waals surface area contributed by atoms with Gasteiger partial charge in [-0.25, -0.2) is 14.4 Å². The van der Waals surface area contributed by atoms with Crippen LogP contribution in [0.25, 0.3) is 0 Å². The highest BCUT2D eigenvalue weighted by molar-refractivity contribution is 5.91. The van der Waals surface area contributed by atoms with Gasteiger partial charge in [0.25, 0.3) is 0 Å². The number of benzene rings is 3. The summed E-state index contributed by atoms with van der Waals surface area (Å²) in [6.45, 7) is 9.33. The lowest BCUT2D eigenvalue weighted by Crippen LogP contribution is -2.09. The molecule has 3 aromatic carbocycles. The van der Waals surface area contributed by atoms with Gasteiger partial charge in [0.15, 0.2) is 6.79 Å². The van der Waals surface area contributed by atoms with Crippen LogP contribution >= 0.6 is 0 Å². The van der Waals surface area contributed by atoms with Crippen LogP contribution in [0.3, 0.4) is 0 Å². The van der Waals surface area contributed by atoms with Gasteiger partial charge in [-0.1, -0.05) is 25.3 Å². The number of hydrogen-bond donors (Lipinski definition) is 0. The molecule has 0 bridgehead atoms. The Bertz CT molecular complexity index is 1430. The number of rotatable bonds is 26. The zero-order valence-corrected chi connectivity index (χ0v) is 28.7. The third-order valence-corrected chi connectivity index (χ3v) is 7.33. The molecule has 268 valence electrons. The van der Waals surface area contributed by atoms with Gasteiger partial charge in [0, 0.05) is 12.2 Å². The summed E-state index contributed by atoms with van der Waals surface area (Å²) in [5.41, 5.74) is 1.47. The van der Waals surface area contributed by atoms with Crippen LogP contribution in [0.1, 0.15) is 67.3 Å². The SMILES string of the molecule is C=CC(=O)OCCCCCCOc1ccc(OCOCCc2ccc(OC(=O)c3ccc(OCCCCCCOC(=O)C=C)cc3)cc2)cc1. The molecule has 0 aliphatic heterocycles. The van der Waals surface area contributed by atoms with E-state index in [-0.39, 0.29) is 12.8 Å². The minimum atomic E-state index is -0.445. The Balaban J connectivity index is 1.22. The van der Waals surface area contributed by atoms with Crippen LogP contribution in [0, 0.1) is 0 Å². The predicted octanol–water partition coefficient (Wildman–Crippen LogP) is 7.84. The number of ether oxygens (including phenoxy) is 7. The number of unbranched alkanes of at least 4 members (excludes halogenated alkanes) is 6. The molecule has 0 aliphatic rings. The number of carbonyl (C=O) groups excluding carboxylic acids is 3. The number of carbonyl (C=O) groups is 3.